The minimum atomic E-state index is 0.0254. The summed E-state index contributed by atoms with van der Waals surface area (Å²) in [5.41, 5.74) is 0.663. The van der Waals surface area contributed by atoms with Crippen LogP contribution in [0.5, 0.6) is 0 Å². The van der Waals surface area contributed by atoms with E-state index in [0.717, 1.165) is 6.54 Å². The predicted molar refractivity (Wildman–Crippen MR) is 74.1 cm³/mol. The summed E-state index contributed by atoms with van der Waals surface area (Å²) in [5.74, 6) is 0.454. The molecule has 0 aromatic heterocycles. The fraction of sp³-hybridized carbons (Fsp3) is 0.500. The summed E-state index contributed by atoms with van der Waals surface area (Å²) in [6.07, 6.45) is 0. The van der Waals surface area contributed by atoms with Crippen LogP contribution in [-0.4, -0.2) is 37.6 Å². The lowest BCUT2D eigenvalue weighted by Gasteiger charge is -2.24. The molecule has 0 radical (unpaired) electrons. The molecular weight excluding hydrogens is 250 g/mol. The monoisotopic (exact) mass is 269 g/mol. The maximum absolute atomic E-state index is 12.3. The number of ether oxygens (including phenoxy) is 1. The molecule has 0 heterocycles. The molecule has 0 aliphatic carbocycles. The number of benzene rings is 1. The Morgan fingerprint density at radius 1 is 1.33 bits per heavy atom. The molecule has 0 bridgehead atoms. The highest BCUT2D eigenvalue weighted by Crippen LogP contribution is 2.12. The van der Waals surface area contributed by atoms with Crippen LogP contribution in [0.4, 0.5) is 0 Å². The number of hydrogen-bond acceptors (Lipinski definition) is 2. The Morgan fingerprint density at radius 3 is 2.44 bits per heavy atom. The Morgan fingerprint density at radius 2 is 1.94 bits per heavy atom. The van der Waals surface area contributed by atoms with Gasteiger partial charge in [0.05, 0.1) is 6.61 Å². The number of rotatable bonds is 6. The lowest BCUT2D eigenvalue weighted by atomic mass is 10.1. The van der Waals surface area contributed by atoms with E-state index in [1.165, 1.54) is 0 Å². The molecule has 0 atom stereocenters. The molecule has 100 valence electrons. The fourth-order valence-corrected chi connectivity index (χ4v) is 1.82. The molecule has 4 heteroatoms. The number of halogens is 1. The van der Waals surface area contributed by atoms with Gasteiger partial charge in [-0.25, -0.2) is 0 Å². The van der Waals surface area contributed by atoms with Crippen molar-refractivity contribution in [1.82, 2.24) is 4.90 Å². The van der Waals surface area contributed by atoms with E-state index in [0.29, 0.717) is 29.7 Å². The normalized spacial score (nSPS) is 10.7. The number of carbonyl (C=O) groups excluding carboxylic acids is 1. The smallest absolute Gasteiger partial charge is 0.253 e. The third-order valence-electron chi connectivity index (χ3n) is 2.53. The minimum Gasteiger partial charge on any atom is -0.383 e. The van der Waals surface area contributed by atoms with E-state index in [2.05, 4.69) is 13.8 Å². The maximum Gasteiger partial charge on any atom is 0.253 e. The van der Waals surface area contributed by atoms with Crippen molar-refractivity contribution in [3.8, 4) is 0 Å². The van der Waals surface area contributed by atoms with E-state index in [-0.39, 0.29) is 5.91 Å². The number of hydrogen-bond donors (Lipinski definition) is 0. The predicted octanol–water partition coefficient (Wildman–Crippen LogP) is 3.08. The molecule has 0 aliphatic heterocycles. The van der Waals surface area contributed by atoms with Gasteiger partial charge in [0.2, 0.25) is 0 Å². The molecule has 0 unspecified atom stereocenters. The van der Waals surface area contributed by atoms with Crippen LogP contribution >= 0.6 is 11.6 Å². The molecule has 0 aliphatic rings. The van der Waals surface area contributed by atoms with Crippen LogP contribution in [0.3, 0.4) is 0 Å². The van der Waals surface area contributed by atoms with Crippen LogP contribution in [0.2, 0.25) is 5.02 Å². The number of nitrogens with zero attached hydrogens (tertiary/aromatic N) is 1. The van der Waals surface area contributed by atoms with E-state index in [4.69, 9.17) is 16.3 Å². The average molecular weight is 270 g/mol. The van der Waals surface area contributed by atoms with Gasteiger partial charge in [-0.2, -0.15) is 0 Å². The van der Waals surface area contributed by atoms with Crippen molar-refractivity contribution in [1.29, 1.82) is 0 Å². The van der Waals surface area contributed by atoms with Gasteiger partial charge in [-0.3, -0.25) is 4.79 Å². The number of carbonyl (C=O) groups is 1. The van der Waals surface area contributed by atoms with Crippen molar-refractivity contribution in [3.05, 3.63) is 34.9 Å². The van der Waals surface area contributed by atoms with Crippen molar-refractivity contribution in [2.45, 2.75) is 13.8 Å². The molecule has 0 saturated carbocycles. The van der Waals surface area contributed by atoms with Gasteiger partial charge < -0.3 is 9.64 Å². The van der Waals surface area contributed by atoms with E-state index < -0.39 is 0 Å². The van der Waals surface area contributed by atoms with Gasteiger partial charge in [-0.05, 0) is 30.2 Å². The van der Waals surface area contributed by atoms with Crippen molar-refractivity contribution < 1.29 is 9.53 Å². The molecule has 0 spiro atoms. The highest BCUT2D eigenvalue weighted by molar-refractivity contribution is 6.30. The zero-order valence-corrected chi connectivity index (χ0v) is 11.9. The molecule has 0 saturated heterocycles. The topological polar surface area (TPSA) is 29.5 Å². The van der Waals surface area contributed by atoms with Gasteiger partial charge in [0.25, 0.3) is 5.91 Å². The third kappa shape index (κ3) is 4.67. The van der Waals surface area contributed by atoms with E-state index >= 15 is 0 Å². The van der Waals surface area contributed by atoms with Gasteiger partial charge in [0.1, 0.15) is 0 Å². The SMILES string of the molecule is COCCN(CC(C)C)C(=O)c1ccc(Cl)cc1. The molecule has 0 N–H and O–H groups in total. The summed E-state index contributed by atoms with van der Waals surface area (Å²) in [5, 5.41) is 0.638. The molecule has 1 aromatic rings. The zero-order chi connectivity index (χ0) is 13.5. The van der Waals surface area contributed by atoms with E-state index in [1.807, 2.05) is 4.90 Å². The molecule has 1 aromatic carbocycles. The second-order valence-corrected chi connectivity index (χ2v) is 5.08. The first-order valence-electron chi connectivity index (χ1n) is 6.08. The fourth-order valence-electron chi connectivity index (χ4n) is 1.69. The van der Waals surface area contributed by atoms with Crippen molar-refractivity contribution >= 4 is 17.5 Å². The average Bonchev–Trinajstić information content (AvgIpc) is 2.34. The van der Waals surface area contributed by atoms with E-state index in [9.17, 15) is 4.79 Å². The summed E-state index contributed by atoms with van der Waals surface area (Å²) in [4.78, 5) is 14.1. The van der Waals surface area contributed by atoms with Crippen LogP contribution in [0, 0.1) is 5.92 Å². The van der Waals surface area contributed by atoms with Crippen LogP contribution in [-0.2, 0) is 4.74 Å². The van der Waals surface area contributed by atoms with Crippen molar-refractivity contribution in [2.24, 2.45) is 5.92 Å². The highest BCUT2D eigenvalue weighted by atomic mass is 35.5. The Bertz CT molecular complexity index is 376. The minimum absolute atomic E-state index is 0.0254. The van der Waals surface area contributed by atoms with Gasteiger partial charge >= 0.3 is 0 Å². The Labute approximate surface area is 114 Å². The van der Waals surface area contributed by atoms with Crippen molar-refractivity contribution in [3.63, 3.8) is 0 Å². The Kier molecular flexibility index (Phi) is 6.16. The molecular formula is C14H20ClNO2. The van der Waals surface area contributed by atoms with Gasteiger partial charge in [0.15, 0.2) is 0 Å². The summed E-state index contributed by atoms with van der Waals surface area (Å²) in [6.45, 7) is 6.07. The van der Waals surface area contributed by atoms with Gasteiger partial charge in [-0.15, -0.1) is 0 Å². The second-order valence-electron chi connectivity index (χ2n) is 4.64. The molecule has 3 nitrogen and oxygen atoms in total. The van der Waals surface area contributed by atoms with Crippen LogP contribution in [0.15, 0.2) is 24.3 Å². The van der Waals surface area contributed by atoms with Gasteiger partial charge in [-0.1, -0.05) is 25.4 Å². The highest BCUT2D eigenvalue weighted by Gasteiger charge is 2.16. The van der Waals surface area contributed by atoms with Crippen LogP contribution < -0.4 is 0 Å². The largest absolute Gasteiger partial charge is 0.383 e. The number of methoxy groups -OCH3 is 1. The maximum atomic E-state index is 12.3. The zero-order valence-electron chi connectivity index (χ0n) is 11.1. The van der Waals surface area contributed by atoms with Gasteiger partial charge in [0, 0.05) is 30.8 Å². The number of amides is 1. The lowest BCUT2D eigenvalue weighted by Crippen LogP contribution is -2.36. The first-order valence-corrected chi connectivity index (χ1v) is 6.46. The standard InChI is InChI=1S/C14H20ClNO2/c1-11(2)10-16(8-9-18-3)14(17)12-4-6-13(15)7-5-12/h4-7,11H,8-10H2,1-3H3. The molecule has 1 rings (SSSR count). The summed E-state index contributed by atoms with van der Waals surface area (Å²) < 4.78 is 5.04. The first-order chi connectivity index (χ1) is 8.54. The van der Waals surface area contributed by atoms with Crippen molar-refractivity contribution in [2.75, 3.05) is 26.8 Å². The summed E-state index contributed by atoms with van der Waals surface area (Å²) >= 11 is 5.82. The Hall–Kier alpha value is -1.06. The third-order valence-corrected chi connectivity index (χ3v) is 2.78. The van der Waals surface area contributed by atoms with Crippen LogP contribution in [0.1, 0.15) is 24.2 Å². The lowest BCUT2D eigenvalue weighted by molar-refractivity contribution is 0.0672. The molecule has 18 heavy (non-hydrogen) atoms. The quantitative estimate of drug-likeness (QED) is 0.794. The Balaban J connectivity index is 2.77. The second kappa shape index (κ2) is 7.39. The van der Waals surface area contributed by atoms with E-state index in [1.54, 1.807) is 31.4 Å². The summed E-state index contributed by atoms with van der Waals surface area (Å²) in [6, 6.07) is 6.98. The van der Waals surface area contributed by atoms with Crippen LogP contribution in [0.25, 0.3) is 0 Å². The molecule has 1 amide bonds. The molecule has 0 fully saturated rings. The summed E-state index contributed by atoms with van der Waals surface area (Å²) in [7, 11) is 1.64. The first kappa shape index (κ1) is 15.0.